The number of hydrogen-bond donors (Lipinski definition) is 1. The molecule has 1 aliphatic heterocycles. The van der Waals surface area contributed by atoms with E-state index in [4.69, 9.17) is 4.52 Å². The van der Waals surface area contributed by atoms with Crippen LogP contribution in [0.15, 0.2) is 23.2 Å². The molecule has 8 heteroatoms. The molecule has 0 aliphatic carbocycles. The summed E-state index contributed by atoms with van der Waals surface area (Å²) in [5, 5.41) is 19.5. The predicted octanol–water partition coefficient (Wildman–Crippen LogP) is 1.75. The number of rotatable bonds is 4. The summed E-state index contributed by atoms with van der Waals surface area (Å²) in [6.45, 7) is 2.80. The van der Waals surface area contributed by atoms with Gasteiger partial charge in [-0.2, -0.15) is 10.1 Å². The summed E-state index contributed by atoms with van der Waals surface area (Å²) >= 11 is 0. The Hall–Kier alpha value is -2.48. The second-order valence-electron chi connectivity index (χ2n) is 6.33. The Morgan fingerprint density at radius 3 is 3.08 bits per heavy atom. The second kappa shape index (κ2) is 5.86. The quantitative estimate of drug-likeness (QED) is 0.780. The first-order chi connectivity index (χ1) is 11.6. The van der Waals surface area contributed by atoms with Crippen LogP contribution in [0.4, 0.5) is 5.82 Å². The largest absolute Gasteiger partial charge is 0.388 e. The van der Waals surface area contributed by atoms with Gasteiger partial charge in [0.05, 0.1) is 18.0 Å². The average Bonchev–Trinajstić information content (AvgIpc) is 3.28. The lowest BCUT2D eigenvalue weighted by molar-refractivity contribution is 0.158. The van der Waals surface area contributed by atoms with E-state index in [-0.39, 0.29) is 6.04 Å². The highest BCUT2D eigenvalue weighted by molar-refractivity contribution is 5.88. The first-order valence-corrected chi connectivity index (χ1v) is 8.13. The van der Waals surface area contributed by atoms with Crippen molar-refractivity contribution >= 4 is 16.9 Å². The van der Waals surface area contributed by atoms with Crippen molar-refractivity contribution in [2.45, 2.75) is 38.3 Å². The number of nitrogens with zero attached hydrogens (tertiary/aromatic N) is 6. The van der Waals surface area contributed by atoms with Crippen LogP contribution in [0.2, 0.25) is 0 Å². The third kappa shape index (κ3) is 2.52. The van der Waals surface area contributed by atoms with Crippen molar-refractivity contribution in [3.8, 4) is 0 Å². The minimum atomic E-state index is -0.537. The Labute approximate surface area is 139 Å². The monoisotopic (exact) mass is 328 g/mol. The number of aryl methyl sites for hydroxylation is 2. The molecule has 0 amide bonds. The van der Waals surface area contributed by atoms with Crippen molar-refractivity contribution in [1.29, 1.82) is 0 Å². The molecule has 0 spiro atoms. The maximum absolute atomic E-state index is 10.5. The van der Waals surface area contributed by atoms with Gasteiger partial charge in [0.15, 0.2) is 0 Å². The fourth-order valence-electron chi connectivity index (χ4n) is 3.49. The number of aromatic nitrogens is 5. The normalized spacial score (nSPS) is 19.3. The molecule has 0 radical (unpaired) electrons. The molecular formula is C16H20N6O2. The molecule has 3 aromatic heterocycles. The third-order valence-corrected chi connectivity index (χ3v) is 4.68. The second-order valence-corrected chi connectivity index (χ2v) is 6.33. The number of aliphatic hydroxyl groups is 1. The molecule has 4 rings (SSSR count). The summed E-state index contributed by atoms with van der Waals surface area (Å²) in [7, 11) is 1.85. The van der Waals surface area contributed by atoms with Crippen LogP contribution >= 0.6 is 0 Å². The zero-order chi connectivity index (χ0) is 16.7. The van der Waals surface area contributed by atoms with Crippen molar-refractivity contribution < 1.29 is 9.63 Å². The molecule has 0 unspecified atom stereocenters. The molecule has 2 atom stereocenters. The molecule has 3 aromatic rings. The molecule has 1 fully saturated rings. The fourth-order valence-corrected chi connectivity index (χ4v) is 3.49. The first-order valence-electron chi connectivity index (χ1n) is 8.13. The van der Waals surface area contributed by atoms with E-state index in [2.05, 4.69) is 25.1 Å². The summed E-state index contributed by atoms with van der Waals surface area (Å²) in [5.74, 6) is 0.847. The lowest BCUT2D eigenvalue weighted by Crippen LogP contribution is -2.31. The maximum Gasteiger partial charge on any atom is 0.263 e. The van der Waals surface area contributed by atoms with E-state index in [1.165, 1.54) is 6.33 Å². The lowest BCUT2D eigenvalue weighted by Gasteiger charge is -2.27. The molecule has 1 aliphatic rings. The smallest absolute Gasteiger partial charge is 0.263 e. The van der Waals surface area contributed by atoms with Gasteiger partial charge in [-0.25, -0.2) is 4.98 Å². The number of anilines is 1. The van der Waals surface area contributed by atoms with Crippen molar-refractivity contribution in [2.75, 3.05) is 11.4 Å². The van der Waals surface area contributed by atoms with Crippen molar-refractivity contribution in [3.05, 3.63) is 30.0 Å². The number of fused-ring (bicyclic) bond motifs is 1. The van der Waals surface area contributed by atoms with Gasteiger partial charge in [0.1, 0.15) is 17.5 Å². The zero-order valence-corrected chi connectivity index (χ0v) is 13.8. The van der Waals surface area contributed by atoms with Crippen LogP contribution in [-0.4, -0.2) is 42.6 Å². The Morgan fingerprint density at radius 1 is 1.42 bits per heavy atom. The van der Waals surface area contributed by atoms with Gasteiger partial charge >= 0.3 is 0 Å². The fraction of sp³-hybridized carbons (Fsp3) is 0.500. The van der Waals surface area contributed by atoms with Gasteiger partial charge in [-0.15, -0.1) is 0 Å². The van der Waals surface area contributed by atoms with Gasteiger partial charge in [0.25, 0.3) is 5.71 Å². The summed E-state index contributed by atoms with van der Waals surface area (Å²) < 4.78 is 6.96. The molecular weight excluding hydrogens is 308 g/mol. The standard InChI is InChI=1S/C16H20N6O2/c1-10-14-15(17-9-18-16(14)24-20-10)22-5-3-4-12(22)6-13(23)11-7-19-21(2)8-11/h7-9,12-13,23H,3-6H2,1-2H3/t12-,13-/m1/s1. The van der Waals surface area contributed by atoms with Crippen LogP contribution in [0, 0.1) is 6.92 Å². The Balaban J connectivity index is 1.61. The molecule has 126 valence electrons. The van der Waals surface area contributed by atoms with Gasteiger partial charge in [-0.1, -0.05) is 5.16 Å². The lowest BCUT2D eigenvalue weighted by atomic mass is 10.0. The minimum absolute atomic E-state index is 0.215. The van der Waals surface area contributed by atoms with E-state index >= 15 is 0 Å². The minimum Gasteiger partial charge on any atom is -0.388 e. The summed E-state index contributed by atoms with van der Waals surface area (Å²) in [4.78, 5) is 10.9. The zero-order valence-electron chi connectivity index (χ0n) is 13.8. The van der Waals surface area contributed by atoms with Crippen molar-refractivity contribution in [3.63, 3.8) is 0 Å². The van der Waals surface area contributed by atoms with E-state index in [1.54, 1.807) is 10.9 Å². The average molecular weight is 328 g/mol. The topological polar surface area (TPSA) is 93.1 Å². The van der Waals surface area contributed by atoms with Crippen LogP contribution < -0.4 is 4.90 Å². The van der Waals surface area contributed by atoms with Crippen LogP contribution in [0.25, 0.3) is 11.1 Å². The van der Waals surface area contributed by atoms with Gasteiger partial charge in [0, 0.05) is 31.4 Å². The van der Waals surface area contributed by atoms with E-state index in [1.807, 2.05) is 20.2 Å². The van der Waals surface area contributed by atoms with Crippen LogP contribution in [-0.2, 0) is 7.05 Å². The molecule has 1 N–H and O–H groups in total. The van der Waals surface area contributed by atoms with Crippen LogP contribution in [0.1, 0.15) is 36.6 Å². The van der Waals surface area contributed by atoms with E-state index in [0.717, 1.165) is 41.8 Å². The van der Waals surface area contributed by atoms with Gasteiger partial charge in [0.2, 0.25) is 0 Å². The predicted molar refractivity (Wildman–Crippen MR) is 87.5 cm³/mol. The third-order valence-electron chi connectivity index (χ3n) is 4.68. The molecule has 0 aromatic carbocycles. The molecule has 4 heterocycles. The summed E-state index contributed by atoms with van der Waals surface area (Å²) in [6.07, 6.45) is 7.28. The summed E-state index contributed by atoms with van der Waals surface area (Å²) in [5.41, 5.74) is 2.15. The maximum atomic E-state index is 10.5. The number of aliphatic hydroxyl groups excluding tert-OH is 1. The first kappa shape index (κ1) is 15.1. The van der Waals surface area contributed by atoms with Crippen molar-refractivity contribution in [1.82, 2.24) is 24.9 Å². The van der Waals surface area contributed by atoms with Crippen LogP contribution in [0.3, 0.4) is 0 Å². The SMILES string of the molecule is Cc1noc2ncnc(N3CCC[C@@H]3C[C@@H](O)c3cnn(C)c3)c12. The molecule has 0 saturated carbocycles. The van der Waals surface area contributed by atoms with Gasteiger partial charge < -0.3 is 14.5 Å². The Morgan fingerprint density at radius 2 is 2.29 bits per heavy atom. The Kier molecular flexibility index (Phi) is 3.68. The van der Waals surface area contributed by atoms with Gasteiger partial charge in [-0.3, -0.25) is 4.68 Å². The van der Waals surface area contributed by atoms with E-state index in [0.29, 0.717) is 12.1 Å². The summed E-state index contributed by atoms with van der Waals surface area (Å²) in [6, 6.07) is 0.215. The number of hydrogen-bond acceptors (Lipinski definition) is 7. The van der Waals surface area contributed by atoms with Crippen molar-refractivity contribution in [2.24, 2.45) is 7.05 Å². The Bertz CT molecular complexity index is 857. The molecule has 0 bridgehead atoms. The highest BCUT2D eigenvalue weighted by atomic mass is 16.5. The van der Waals surface area contributed by atoms with Crippen LogP contribution in [0.5, 0.6) is 0 Å². The van der Waals surface area contributed by atoms with E-state index in [9.17, 15) is 5.11 Å². The molecule has 8 nitrogen and oxygen atoms in total. The highest BCUT2D eigenvalue weighted by Gasteiger charge is 2.30. The molecule has 24 heavy (non-hydrogen) atoms. The molecule has 1 saturated heterocycles. The van der Waals surface area contributed by atoms with Gasteiger partial charge in [-0.05, 0) is 26.2 Å². The highest BCUT2D eigenvalue weighted by Crippen LogP contribution is 2.34. The van der Waals surface area contributed by atoms with E-state index < -0.39 is 6.10 Å².